The van der Waals surface area contributed by atoms with Crippen LogP contribution in [-0.4, -0.2) is 22.9 Å². The zero-order valence-corrected chi connectivity index (χ0v) is 17.6. The number of hydroxylamine groups is 2. The molecule has 1 fully saturated rings. The van der Waals surface area contributed by atoms with Gasteiger partial charge in [-0.05, 0) is 31.8 Å². The Kier molecular flexibility index (Phi) is 8.14. The van der Waals surface area contributed by atoms with E-state index in [0.717, 1.165) is 43.6 Å². The molecule has 3 heteroatoms. The van der Waals surface area contributed by atoms with Crippen molar-refractivity contribution in [3.63, 3.8) is 0 Å². The molecule has 1 aromatic carbocycles. The molecule has 0 bridgehead atoms. The maximum Gasteiger partial charge on any atom is 0.160 e. The minimum atomic E-state index is -0.524. The van der Waals surface area contributed by atoms with Crippen LogP contribution in [0.25, 0.3) is 5.76 Å². The number of fused-ring (bicyclic) bond motifs is 1. The number of piperidine rings is 1. The number of ketones is 1. The standard InChI is InChI=1S/C25H37NO2/c1-2-3-4-5-6-7-8-9-13-18-24(27)25-19-14-15-20-26(25)28-23(21-25)22-16-11-10-12-17-22/h10-12,16-17,21H,2-9,13-15,18-20H2,1H3. The van der Waals surface area contributed by atoms with Gasteiger partial charge in [-0.2, -0.15) is 0 Å². The minimum absolute atomic E-state index is 0.348. The fourth-order valence-corrected chi connectivity index (χ4v) is 4.52. The Morgan fingerprint density at radius 3 is 2.36 bits per heavy atom. The van der Waals surface area contributed by atoms with Crippen molar-refractivity contribution in [3.05, 3.63) is 42.0 Å². The van der Waals surface area contributed by atoms with Crippen molar-refractivity contribution in [1.29, 1.82) is 0 Å². The van der Waals surface area contributed by atoms with E-state index in [1.807, 2.05) is 23.3 Å². The topological polar surface area (TPSA) is 29.5 Å². The second-order valence-corrected chi connectivity index (χ2v) is 8.45. The predicted molar refractivity (Wildman–Crippen MR) is 116 cm³/mol. The Morgan fingerprint density at radius 1 is 0.964 bits per heavy atom. The molecule has 0 amide bonds. The average Bonchev–Trinajstić information content (AvgIpc) is 3.14. The van der Waals surface area contributed by atoms with E-state index in [2.05, 4.69) is 25.1 Å². The third-order valence-corrected chi connectivity index (χ3v) is 6.24. The zero-order chi connectivity index (χ0) is 19.7. The van der Waals surface area contributed by atoms with Gasteiger partial charge in [0.1, 0.15) is 5.54 Å². The monoisotopic (exact) mass is 383 g/mol. The van der Waals surface area contributed by atoms with Crippen molar-refractivity contribution in [1.82, 2.24) is 5.06 Å². The predicted octanol–water partition coefficient (Wildman–Crippen LogP) is 6.69. The highest BCUT2D eigenvalue weighted by molar-refractivity contribution is 5.93. The summed E-state index contributed by atoms with van der Waals surface area (Å²) in [6, 6.07) is 10.2. The van der Waals surface area contributed by atoms with Crippen molar-refractivity contribution in [3.8, 4) is 0 Å². The first-order valence-electron chi connectivity index (χ1n) is 11.5. The van der Waals surface area contributed by atoms with E-state index in [1.165, 1.54) is 51.4 Å². The van der Waals surface area contributed by atoms with Gasteiger partial charge in [0.15, 0.2) is 11.5 Å². The summed E-state index contributed by atoms with van der Waals surface area (Å²) in [5.74, 6) is 1.20. The first-order valence-corrected chi connectivity index (χ1v) is 11.5. The van der Waals surface area contributed by atoms with Crippen LogP contribution in [0.15, 0.2) is 36.4 Å². The lowest BCUT2D eigenvalue weighted by Gasteiger charge is -2.38. The minimum Gasteiger partial charge on any atom is -0.404 e. The lowest BCUT2D eigenvalue weighted by atomic mass is 9.82. The Labute approximate surface area is 171 Å². The van der Waals surface area contributed by atoms with Gasteiger partial charge in [-0.15, -0.1) is 5.06 Å². The summed E-state index contributed by atoms with van der Waals surface area (Å²) in [5.41, 5.74) is 0.538. The summed E-state index contributed by atoms with van der Waals surface area (Å²) >= 11 is 0. The molecule has 2 heterocycles. The summed E-state index contributed by atoms with van der Waals surface area (Å²) in [4.78, 5) is 19.4. The lowest BCUT2D eigenvalue weighted by molar-refractivity contribution is -0.167. The summed E-state index contributed by atoms with van der Waals surface area (Å²) in [6.07, 6.45) is 17.4. The molecule has 28 heavy (non-hydrogen) atoms. The van der Waals surface area contributed by atoms with Gasteiger partial charge in [0.05, 0.1) is 0 Å². The number of carbonyl (C=O) groups is 1. The molecule has 0 N–H and O–H groups in total. The molecule has 1 atom stereocenters. The van der Waals surface area contributed by atoms with E-state index < -0.39 is 5.54 Å². The molecule has 0 aromatic heterocycles. The molecule has 0 saturated carbocycles. The highest BCUT2D eigenvalue weighted by atomic mass is 16.7. The highest BCUT2D eigenvalue weighted by Crippen LogP contribution is 2.41. The second-order valence-electron chi connectivity index (χ2n) is 8.45. The number of nitrogens with zero attached hydrogens (tertiary/aromatic N) is 1. The third kappa shape index (κ3) is 5.26. The number of hydrogen-bond donors (Lipinski definition) is 0. The SMILES string of the molecule is CCCCCCCCCCCC(=O)C12C=C(c3ccccc3)ON1CCCC2. The van der Waals surface area contributed by atoms with Gasteiger partial charge in [-0.3, -0.25) is 4.79 Å². The smallest absolute Gasteiger partial charge is 0.160 e. The second kappa shape index (κ2) is 10.8. The lowest BCUT2D eigenvalue weighted by Crippen LogP contribution is -2.52. The van der Waals surface area contributed by atoms with Gasteiger partial charge in [-0.25, -0.2) is 0 Å². The number of hydrogen-bond acceptors (Lipinski definition) is 3. The van der Waals surface area contributed by atoms with E-state index in [0.29, 0.717) is 12.2 Å². The van der Waals surface area contributed by atoms with Crippen molar-refractivity contribution < 1.29 is 9.63 Å². The zero-order valence-electron chi connectivity index (χ0n) is 17.6. The van der Waals surface area contributed by atoms with E-state index >= 15 is 0 Å². The number of Topliss-reactive ketones (excluding diaryl/α,β-unsaturated/α-hetero) is 1. The first-order chi connectivity index (χ1) is 13.8. The molecular formula is C25H37NO2. The van der Waals surface area contributed by atoms with Crippen LogP contribution in [-0.2, 0) is 9.63 Å². The quantitative estimate of drug-likeness (QED) is 0.377. The molecule has 2 aliphatic heterocycles. The highest BCUT2D eigenvalue weighted by Gasteiger charge is 2.49. The summed E-state index contributed by atoms with van der Waals surface area (Å²) < 4.78 is 0. The number of carbonyl (C=O) groups excluding carboxylic acids is 1. The number of unbranched alkanes of at least 4 members (excludes halogenated alkanes) is 8. The van der Waals surface area contributed by atoms with Crippen molar-refractivity contribution >= 4 is 11.5 Å². The van der Waals surface area contributed by atoms with E-state index in [-0.39, 0.29) is 0 Å². The Morgan fingerprint density at radius 2 is 1.64 bits per heavy atom. The third-order valence-electron chi connectivity index (χ3n) is 6.24. The fourth-order valence-electron chi connectivity index (χ4n) is 4.52. The molecule has 1 unspecified atom stereocenters. The largest absolute Gasteiger partial charge is 0.404 e. The Balaban J connectivity index is 1.49. The normalized spacial score (nSPS) is 21.8. The summed E-state index contributed by atoms with van der Waals surface area (Å²) in [7, 11) is 0. The van der Waals surface area contributed by atoms with Crippen molar-refractivity contribution in [2.45, 2.75) is 95.9 Å². The van der Waals surface area contributed by atoms with Gasteiger partial charge in [-0.1, -0.05) is 88.6 Å². The number of benzene rings is 1. The van der Waals surface area contributed by atoms with Crippen LogP contribution in [0, 0.1) is 0 Å². The maximum absolute atomic E-state index is 13.2. The van der Waals surface area contributed by atoms with Crippen LogP contribution in [0.3, 0.4) is 0 Å². The molecule has 2 aliphatic rings. The molecule has 3 nitrogen and oxygen atoms in total. The van der Waals surface area contributed by atoms with Gasteiger partial charge in [0.2, 0.25) is 0 Å². The van der Waals surface area contributed by atoms with Crippen LogP contribution in [0.2, 0.25) is 0 Å². The summed E-state index contributed by atoms with van der Waals surface area (Å²) in [5, 5.41) is 1.97. The molecule has 0 spiro atoms. The molecule has 0 aliphatic carbocycles. The average molecular weight is 384 g/mol. The first kappa shape index (κ1) is 21.1. The Bertz CT molecular complexity index is 639. The molecule has 0 radical (unpaired) electrons. The fraction of sp³-hybridized carbons (Fsp3) is 0.640. The van der Waals surface area contributed by atoms with E-state index in [4.69, 9.17) is 4.84 Å². The van der Waals surface area contributed by atoms with Crippen LogP contribution < -0.4 is 0 Å². The molecule has 3 rings (SSSR count). The molecule has 154 valence electrons. The van der Waals surface area contributed by atoms with E-state index in [9.17, 15) is 4.79 Å². The van der Waals surface area contributed by atoms with E-state index in [1.54, 1.807) is 0 Å². The number of rotatable bonds is 12. The molecule has 1 aromatic rings. The maximum atomic E-state index is 13.2. The van der Waals surface area contributed by atoms with Gasteiger partial charge in [0, 0.05) is 18.5 Å². The summed E-state index contributed by atoms with van der Waals surface area (Å²) in [6.45, 7) is 3.10. The van der Waals surface area contributed by atoms with Crippen LogP contribution in [0.4, 0.5) is 0 Å². The van der Waals surface area contributed by atoms with Crippen molar-refractivity contribution in [2.75, 3.05) is 6.54 Å². The van der Waals surface area contributed by atoms with Crippen molar-refractivity contribution in [2.24, 2.45) is 0 Å². The molecule has 1 saturated heterocycles. The van der Waals surface area contributed by atoms with Gasteiger partial charge >= 0.3 is 0 Å². The molecular weight excluding hydrogens is 346 g/mol. The van der Waals surface area contributed by atoms with Gasteiger partial charge < -0.3 is 4.84 Å². The Hall–Kier alpha value is -1.61. The van der Waals surface area contributed by atoms with Gasteiger partial charge in [0.25, 0.3) is 0 Å². The van der Waals surface area contributed by atoms with Crippen LogP contribution in [0.1, 0.15) is 96.0 Å². The van der Waals surface area contributed by atoms with Crippen LogP contribution in [0.5, 0.6) is 0 Å². The van der Waals surface area contributed by atoms with Crippen LogP contribution >= 0.6 is 0 Å².